The van der Waals surface area contributed by atoms with Gasteiger partial charge in [-0.05, 0) is 49.6 Å². The van der Waals surface area contributed by atoms with E-state index < -0.39 is 0 Å². The minimum absolute atomic E-state index is 0.317. The summed E-state index contributed by atoms with van der Waals surface area (Å²) in [6.07, 6.45) is 8.77. The molecule has 0 spiro atoms. The predicted molar refractivity (Wildman–Crippen MR) is 87.4 cm³/mol. The minimum Gasteiger partial charge on any atom is -0.488 e. The molecule has 3 heteroatoms. The first-order valence-electron chi connectivity index (χ1n) is 8.30. The summed E-state index contributed by atoms with van der Waals surface area (Å²) in [6.45, 7) is 11.1. The molecule has 1 aliphatic rings. The van der Waals surface area contributed by atoms with E-state index in [2.05, 4.69) is 44.1 Å². The van der Waals surface area contributed by atoms with Crippen LogP contribution in [0.1, 0.15) is 58.9 Å². The molecule has 1 N–H and O–H groups in total. The van der Waals surface area contributed by atoms with Gasteiger partial charge in [0.15, 0.2) is 0 Å². The predicted octanol–water partition coefficient (Wildman–Crippen LogP) is 4.17. The second-order valence-electron chi connectivity index (χ2n) is 7.31. The van der Waals surface area contributed by atoms with Gasteiger partial charge in [-0.1, -0.05) is 27.7 Å². The lowest BCUT2D eigenvalue weighted by Gasteiger charge is -2.39. The monoisotopic (exact) mass is 290 g/mol. The van der Waals surface area contributed by atoms with Gasteiger partial charge in [0.25, 0.3) is 0 Å². The fraction of sp³-hybridized carbons (Fsp3) is 0.722. The third-order valence-corrected chi connectivity index (χ3v) is 4.25. The number of pyridine rings is 1. The zero-order valence-corrected chi connectivity index (χ0v) is 14.0. The molecule has 0 amide bonds. The molecular weight excluding hydrogens is 260 g/mol. The Labute approximate surface area is 129 Å². The summed E-state index contributed by atoms with van der Waals surface area (Å²) in [5.41, 5.74) is 1.60. The van der Waals surface area contributed by atoms with Crippen LogP contribution in [0.3, 0.4) is 0 Å². The lowest BCUT2D eigenvalue weighted by molar-refractivity contribution is 0.0553. The van der Waals surface area contributed by atoms with Gasteiger partial charge in [-0.3, -0.25) is 4.98 Å². The first-order chi connectivity index (χ1) is 10.00. The van der Waals surface area contributed by atoms with E-state index in [0.29, 0.717) is 11.5 Å². The molecular formula is C18H30N2O. The summed E-state index contributed by atoms with van der Waals surface area (Å²) >= 11 is 0. The highest BCUT2D eigenvalue weighted by atomic mass is 16.5. The van der Waals surface area contributed by atoms with Crippen LogP contribution in [-0.2, 0) is 6.54 Å². The molecule has 21 heavy (non-hydrogen) atoms. The van der Waals surface area contributed by atoms with Crippen molar-refractivity contribution in [3.05, 3.63) is 24.0 Å². The summed E-state index contributed by atoms with van der Waals surface area (Å²) in [7, 11) is 0. The van der Waals surface area contributed by atoms with Crippen molar-refractivity contribution in [1.29, 1.82) is 0 Å². The summed E-state index contributed by atoms with van der Waals surface area (Å²) in [6, 6.07) is 2.06. The number of rotatable bonds is 6. The van der Waals surface area contributed by atoms with Gasteiger partial charge in [0, 0.05) is 18.3 Å². The van der Waals surface area contributed by atoms with Gasteiger partial charge in [-0.25, -0.2) is 0 Å². The highest BCUT2D eigenvalue weighted by Gasteiger charge is 2.33. The van der Waals surface area contributed by atoms with Crippen molar-refractivity contribution in [2.24, 2.45) is 11.3 Å². The summed E-state index contributed by atoms with van der Waals surface area (Å²) in [4.78, 5) is 4.24. The third-order valence-electron chi connectivity index (χ3n) is 4.25. The molecule has 1 aliphatic carbocycles. The summed E-state index contributed by atoms with van der Waals surface area (Å²) < 4.78 is 6.32. The van der Waals surface area contributed by atoms with E-state index in [1.54, 1.807) is 0 Å². The lowest BCUT2D eigenvalue weighted by Crippen LogP contribution is -2.34. The lowest BCUT2D eigenvalue weighted by atomic mass is 9.71. The van der Waals surface area contributed by atoms with Gasteiger partial charge in [0.05, 0.1) is 12.3 Å². The van der Waals surface area contributed by atoms with E-state index in [-0.39, 0.29) is 0 Å². The van der Waals surface area contributed by atoms with Crippen LogP contribution in [0.2, 0.25) is 0 Å². The molecule has 2 unspecified atom stereocenters. The SMILES string of the molecule is CCCNCc1ccncc1OC1CC(C)CC(C)(C)C1. The molecule has 0 saturated heterocycles. The number of aromatic nitrogens is 1. The molecule has 1 aromatic rings. The molecule has 0 aliphatic heterocycles. The molecule has 2 atom stereocenters. The topological polar surface area (TPSA) is 34.2 Å². The molecule has 1 heterocycles. The molecule has 1 fully saturated rings. The maximum absolute atomic E-state index is 6.32. The Kier molecular flexibility index (Phi) is 5.63. The Balaban J connectivity index is 2.01. The highest BCUT2D eigenvalue weighted by molar-refractivity contribution is 5.30. The summed E-state index contributed by atoms with van der Waals surface area (Å²) in [5.74, 6) is 1.69. The molecule has 118 valence electrons. The van der Waals surface area contributed by atoms with Crippen LogP contribution in [0.5, 0.6) is 5.75 Å². The van der Waals surface area contributed by atoms with E-state index >= 15 is 0 Å². The van der Waals surface area contributed by atoms with Gasteiger partial charge in [-0.2, -0.15) is 0 Å². The van der Waals surface area contributed by atoms with Crippen molar-refractivity contribution in [3.8, 4) is 5.75 Å². The fourth-order valence-corrected chi connectivity index (χ4v) is 3.59. The van der Waals surface area contributed by atoms with Crippen LogP contribution in [0.4, 0.5) is 0 Å². The molecule has 2 rings (SSSR count). The average Bonchev–Trinajstić information content (AvgIpc) is 2.38. The molecule has 3 nitrogen and oxygen atoms in total. The van der Waals surface area contributed by atoms with Crippen LogP contribution >= 0.6 is 0 Å². The van der Waals surface area contributed by atoms with Gasteiger partial charge in [-0.15, -0.1) is 0 Å². The van der Waals surface area contributed by atoms with Crippen molar-refractivity contribution < 1.29 is 4.74 Å². The smallest absolute Gasteiger partial charge is 0.142 e. The van der Waals surface area contributed by atoms with Crippen LogP contribution in [-0.4, -0.2) is 17.6 Å². The van der Waals surface area contributed by atoms with E-state index in [0.717, 1.165) is 44.0 Å². The van der Waals surface area contributed by atoms with Crippen LogP contribution in [0, 0.1) is 11.3 Å². The van der Waals surface area contributed by atoms with E-state index in [1.807, 2.05) is 12.4 Å². The molecule has 1 aromatic heterocycles. The van der Waals surface area contributed by atoms with Gasteiger partial charge in [0.2, 0.25) is 0 Å². The Bertz CT molecular complexity index is 445. The van der Waals surface area contributed by atoms with Crippen LogP contribution in [0.15, 0.2) is 18.5 Å². The van der Waals surface area contributed by atoms with E-state index in [4.69, 9.17) is 4.74 Å². The van der Waals surface area contributed by atoms with E-state index in [9.17, 15) is 0 Å². The molecule has 0 bridgehead atoms. The van der Waals surface area contributed by atoms with Crippen molar-refractivity contribution in [1.82, 2.24) is 10.3 Å². The van der Waals surface area contributed by atoms with Gasteiger partial charge >= 0.3 is 0 Å². The zero-order chi connectivity index (χ0) is 15.3. The van der Waals surface area contributed by atoms with E-state index in [1.165, 1.54) is 12.0 Å². The van der Waals surface area contributed by atoms with Crippen LogP contribution in [0.25, 0.3) is 0 Å². The number of nitrogens with zero attached hydrogens (tertiary/aromatic N) is 1. The Morgan fingerprint density at radius 1 is 1.38 bits per heavy atom. The molecule has 1 saturated carbocycles. The Morgan fingerprint density at radius 3 is 2.90 bits per heavy atom. The third kappa shape index (κ3) is 4.99. The largest absolute Gasteiger partial charge is 0.488 e. The zero-order valence-electron chi connectivity index (χ0n) is 14.0. The second kappa shape index (κ2) is 7.26. The van der Waals surface area contributed by atoms with Crippen molar-refractivity contribution >= 4 is 0 Å². The van der Waals surface area contributed by atoms with Crippen molar-refractivity contribution in [2.45, 2.75) is 66.0 Å². The Morgan fingerprint density at radius 2 is 2.19 bits per heavy atom. The maximum Gasteiger partial charge on any atom is 0.142 e. The summed E-state index contributed by atoms with van der Waals surface area (Å²) in [5, 5.41) is 3.45. The minimum atomic E-state index is 0.317. The van der Waals surface area contributed by atoms with Gasteiger partial charge in [0.1, 0.15) is 5.75 Å². The first kappa shape index (κ1) is 16.3. The number of hydrogen-bond acceptors (Lipinski definition) is 3. The molecule has 0 aromatic carbocycles. The normalized spacial score (nSPS) is 24.8. The van der Waals surface area contributed by atoms with Crippen LogP contribution < -0.4 is 10.1 Å². The second-order valence-corrected chi connectivity index (χ2v) is 7.31. The number of ether oxygens (including phenoxy) is 1. The number of hydrogen-bond donors (Lipinski definition) is 1. The van der Waals surface area contributed by atoms with Crippen molar-refractivity contribution in [2.75, 3.05) is 6.54 Å². The Hall–Kier alpha value is -1.09. The standard InChI is InChI=1S/C18H30N2O/c1-5-7-19-12-15-6-8-20-13-17(15)21-16-9-14(2)10-18(3,4)11-16/h6,8,13-14,16,19H,5,7,9-12H2,1-4H3. The first-order valence-corrected chi connectivity index (χ1v) is 8.30. The number of nitrogens with one attached hydrogen (secondary N) is 1. The fourth-order valence-electron chi connectivity index (χ4n) is 3.59. The van der Waals surface area contributed by atoms with Crippen molar-refractivity contribution in [3.63, 3.8) is 0 Å². The quantitative estimate of drug-likeness (QED) is 0.798. The van der Waals surface area contributed by atoms with Gasteiger partial charge < -0.3 is 10.1 Å². The molecule has 0 radical (unpaired) electrons. The maximum atomic E-state index is 6.32. The highest BCUT2D eigenvalue weighted by Crippen LogP contribution is 2.40. The average molecular weight is 290 g/mol.